The average molecular weight is 1780 g/mol. The topological polar surface area (TPSA) is 355 Å². The molecule has 0 saturated carbocycles. The molecule has 121 heavy (non-hydrogen) atoms. The van der Waals surface area contributed by atoms with Crippen LogP contribution in [-0.2, 0) is 143 Å². The van der Waals surface area contributed by atoms with Crippen LogP contribution < -0.4 is 0 Å². The second-order valence-electron chi connectivity index (χ2n) is 24.4. The van der Waals surface area contributed by atoms with Gasteiger partial charge in [0, 0.05) is 141 Å². The van der Waals surface area contributed by atoms with Crippen molar-refractivity contribution in [1.82, 2.24) is 0 Å². The standard InChI is InChI=1S/C12H24O3.2C10H20O3.3C8H16O3.2C7H14O3.2C5H10O3.11CH4/c1-4-6-8-12(13)15-11(3)10-14-9-7-5-2;1-4-6-10(11)13-9(3)8-12-7-5-2;1-3-5-7-12-8-9-13-10(11)6-4-2;1-7(9)11-6-5-8(2,3)10-4;1-4-8(9)11-7(3)6-10-5-2;1-3-4-5-10-6-7-11-8(2)9;1-4-9-6(2)5-10-7(3)8;1-4-9-5-6(2)10-7(3)8;2*1-5(6)8-4-3-7-2;;;;;;;;;;;/h11H,4-10H2,1-3H3;9H,4-8H2,1-3H3;3-9H2,1-2H3;5-6H2,1-4H3;7H,4-6H2,1-3H3;3-7H2,1-2H3;2*6H,4-5H2,1-3H3;2*3-4H2,1-2H3;11*1H4. The van der Waals surface area contributed by atoms with Crippen LogP contribution in [0.1, 0.15) is 351 Å². The predicted octanol–water partition coefficient (Wildman–Crippen LogP) is 20.6. The third-order valence-corrected chi connectivity index (χ3v) is 12.1. The number of ether oxygens (including phenoxy) is 20. The van der Waals surface area contributed by atoms with Gasteiger partial charge in [-0.05, 0) is 114 Å². The molecule has 0 aromatic heterocycles. The van der Waals surface area contributed by atoms with Gasteiger partial charge in [0.15, 0.2) is 0 Å². The second-order valence-corrected chi connectivity index (χ2v) is 24.4. The lowest BCUT2D eigenvalue weighted by atomic mass is 10.1. The Morgan fingerprint density at radius 2 is 0.579 bits per heavy atom. The fourth-order valence-electron chi connectivity index (χ4n) is 6.36. The van der Waals surface area contributed by atoms with E-state index in [1.54, 1.807) is 35.2 Å². The van der Waals surface area contributed by atoms with Gasteiger partial charge in [0.05, 0.1) is 71.2 Å². The van der Waals surface area contributed by atoms with Crippen LogP contribution in [0.2, 0.25) is 0 Å². The molecule has 0 aromatic carbocycles. The number of hydrogen-bond acceptors (Lipinski definition) is 30. The first-order valence-corrected chi connectivity index (χ1v) is 39.2. The average Bonchev–Trinajstić information content (AvgIpc) is 0.951. The SMILES string of the molecule is C.C.C.C.C.C.C.C.C.C.C.CCCCOCC(C)OC(=O)CCCC.CCCCOCCOC(=O)CCC.CCCCOCCOC(C)=O.CCCOCC(C)OC(=O)CCC.CCOC(C)COC(C)=O.CCOCC(C)OC(=O)CC.CCOCC(C)OC(C)=O.COC(C)(C)CCOC(C)=O.COCCOC(C)=O.COCCOC(C)=O. The maximum Gasteiger partial charge on any atom is 0.306 e. The molecule has 5 unspecified atom stereocenters. The van der Waals surface area contributed by atoms with E-state index < -0.39 is 0 Å². The zero-order valence-electron chi connectivity index (χ0n) is 73.8. The van der Waals surface area contributed by atoms with Gasteiger partial charge < -0.3 is 94.7 Å². The Hall–Kier alpha value is -5.70. The van der Waals surface area contributed by atoms with Crippen molar-refractivity contribution in [3.05, 3.63) is 0 Å². The molecule has 0 aliphatic heterocycles. The van der Waals surface area contributed by atoms with Crippen molar-refractivity contribution in [2.75, 3.05) is 160 Å². The van der Waals surface area contributed by atoms with Crippen LogP contribution in [0.5, 0.6) is 0 Å². The molecule has 0 fully saturated rings. The van der Waals surface area contributed by atoms with E-state index in [-0.39, 0.29) is 178 Å². The normalized spacial score (nSPS) is 10.3. The lowest BCUT2D eigenvalue weighted by Crippen LogP contribution is -2.24. The van der Waals surface area contributed by atoms with Crippen molar-refractivity contribution in [2.45, 2.75) is 387 Å². The summed E-state index contributed by atoms with van der Waals surface area (Å²) in [7, 11) is 4.76. The molecule has 0 aromatic rings. The highest BCUT2D eigenvalue weighted by molar-refractivity contribution is 5.71. The van der Waals surface area contributed by atoms with Gasteiger partial charge in [-0.2, -0.15) is 0 Å². The minimum absolute atomic E-state index is 0. The van der Waals surface area contributed by atoms with E-state index in [9.17, 15) is 47.9 Å². The van der Waals surface area contributed by atoms with E-state index in [0.29, 0.717) is 138 Å². The van der Waals surface area contributed by atoms with Crippen LogP contribution >= 0.6 is 0 Å². The molecule has 0 N–H and O–H groups in total. The summed E-state index contributed by atoms with van der Waals surface area (Å²) >= 11 is 0. The maximum atomic E-state index is 11.2. The van der Waals surface area contributed by atoms with E-state index in [1.165, 1.54) is 41.5 Å². The van der Waals surface area contributed by atoms with E-state index in [0.717, 1.165) is 103 Å². The molecule has 30 heteroatoms. The van der Waals surface area contributed by atoms with Gasteiger partial charge in [0.2, 0.25) is 0 Å². The van der Waals surface area contributed by atoms with Gasteiger partial charge in [0.1, 0.15) is 57.5 Å². The quantitative estimate of drug-likeness (QED) is 0.0310. The first-order chi connectivity index (χ1) is 52.0. The van der Waals surface area contributed by atoms with Crippen LogP contribution in [0.15, 0.2) is 0 Å². The third-order valence-electron chi connectivity index (χ3n) is 12.1. The third kappa shape index (κ3) is 198. The van der Waals surface area contributed by atoms with E-state index >= 15 is 0 Å². The summed E-state index contributed by atoms with van der Waals surface area (Å²) < 4.78 is 98.6. The van der Waals surface area contributed by atoms with Crippen molar-refractivity contribution < 1.29 is 143 Å². The molecule has 5 atom stereocenters. The summed E-state index contributed by atoms with van der Waals surface area (Å²) in [6.45, 7) is 54.5. The molecule has 0 aliphatic rings. The lowest BCUT2D eigenvalue weighted by Gasteiger charge is -2.21. The maximum absolute atomic E-state index is 11.2. The number of hydrogen-bond donors (Lipinski definition) is 0. The van der Waals surface area contributed by atoms with Crippen molar-refractivity contribution >= 4 is 59.7 Å². The van der Waals surface area contributed by atoms with Crippen LogP contribution in [0.3, 0.4) is 0 Å². The van der Waals surface area contributed by atoms with Crippen molar-refractivity contribution in [2.24, 2.45) is 0 Å². The van der Waals surface area contributed by atoms with E-state index in [2.05, 4.69) is 51.4 Å². The molecule has 0 rings (SSSR count). The van der Waals surface area contributed by atoms with Gasteiger partial charge in [0.25, 0.3) is 0 Å². The first-order valence-electron chi connectivity index (χ1n) is 39.2. The summed E-state index contributed by atoms with van der Waals surface area (Å²) in [5.74, 6) is -2.05. The molecular weight excluding hydrogens is 1570 g/mol. The Kier molecular flexibility index (Phi) is 196. The van der Waals surface area contributed by atoms with Crippen molar-refractivity contribution in [3.8, 4) is 0 Å². The fraction of sp³-hybridized carbons (Fsp3) is 0.890. The molecule has 0 aliphatic carbocycles. The number of carbonyl (C=O) groups excluding carboxylic acids is 10. The summed E-state index contributed by atoms with van der Waals surface area (Å²) in [6, 6.07) is 0. The molecular formula is C91H204O30. The molecule has 0 radical (unpaired) electrons. The zero-order valence-corrected chi connectivity index (χ0v) is 73.8. The van der Waals surface area contributed by atoms with Crippen LogP contribution in [-0.4, -0.2) is 256 Å². The predicted molar refractivity (Wildman–Crippen MR) is 498 cm³/mol. The van der Waals surface area contributed by atoms with Crippen molar-refractivity contribution in [1.29, 1.82) is 0 Å². The number of rotatable bonds is 53. The number of methoxy groups -OCH3 is 3. The monoisotopic (exact) mass is 1780 g/mol. The second kappa shape index (κ2) is 140. The number of carbonyl (C=O) groups is 10. The molecule has 0 spiro atoms. The molecule has 0 heterocycles. The number of esters is 10. The molecule has 0 saturated heterocycles. The summed E-state index contributed by atoms with van der Waals surface area (Å²) in [6.07, 6.45) is 13.4. The Morgan fingerprint density at radius 3 is 0.893 bits per heavy atom. The zero-order chi connectivity index (χ0) is 86.5. The molecule has 748 valence electrons. The van der Waals surface area contributed by atoms with Crippen molar-refractivity contribution in [3.63, 3.8) is 0 Å². The Balaban J connectivity index is -0.0000000481. The molecule has 30 nitrogen and oxygen atoms in total. The van der Waals surface area contributed by atoms with Crippen LogP contribution in [0.4, 0.5) is 0 Å². The van der Waals surface area contributed by atoms with Gasteiger partial charge in [-0.25, -0.2) is 0 Å². The first kappa shape index (κ1) is 169. The Labute approximate surface area is 746 Å². The minimum Gasteiger partial charge on any atom is -0.466 e. The number of unbranched alkanes of at least 4 members (excludes halogenated alkanes) is 4. The van der Waals surface area contributed by atoms with E-state index in [1.807, 2.05) is 83.1 Å². The Morgan fingerprint density at radius 1 is 0.264 bits per heavy atom. The molecule has 0 bridgehead atoms. The van der Waals surface area contributed by atoms with Gasteiger partial charge in [-0.15, -0.1) is 0 Å². The highest BCUT2D eigenvalue weighted by Crippen LogP contribution is 2.12. The summed E-state index contributed by atoms with van der Waals surface area (Å²) in [5.41, 5.74) is -0.199. The molecule has 0 amide bonds. The van der Waals surface area contributed by atoms with Gasteiger partial charge >= 0.3 is 59.7 Å². The fourth-order valence-corrected chi connectivity index (χ4v) is 6.36. The Bertz CT molecular complexity index is 2000. The minimum atomic E-state index is -0.262. The highest BCUT2D eigenvalue weighted by atomic mass is 16.6. The summed E-state index contributed by atoms with van der Waals surface area (Å²) in [5, 5.41) is 0. The smallest absolute Gasteiger partial charge is 0.306 e. The van der Waals surface area contributed by atoms with Gasteiger partial charge in [-0.3, -0.25) is 47.9 Å². The van der Waals surface area contributed by atoms with Crippen LogP contribution in [0.25, 0.3) is 0 Å². The highest BCUT2D eigenvalue weighted by Gasteiger charge is 2.16. The van der Waals surface area contributed by atoms with Gasteiger partial charge in [-0.1, -0.05) is 163 Å². The van der Waals surface area contributed by atoms with E-state index in [4.69, 9.17) is 71.1 Å². The van der Waals surface area contributed by atoms with Crippen LogP contribution in [0, 0.1) is 0 Å². The largest absolute Gasteiger partial charge is 0.466 e. The summed E-state index contributed by atoms with van der Waals surface area (Å²) in [4.78, 5) is 105. The lowest BCUT2D eigenvalue weighted by molar-refractivity contribution is -0.152.